The fourth-order valence-electron chi connectivity index (χ4n) is 4.36. The highest BCUT2D eigenvalue weighted by molar-refractivity contribution is 6.42. The van der Waals surface area contributed by atoms with Gasteiger partial charge in [0.15, 0.2) is 0 Å². The van der Waals surface area contributed by atoms with Crippen molar-refractivity contribution >= 4 is 35.0 Å². The number of rotatable bonds is 8. The van der Waals surface area contributed by atoms with Crippen LogP contribution in [0, 0.1) is 6.92 Å². The third-order valence-corrected chi connectivity index (χ3v) is 7.02. The highest BCUT2D eigenvalue weighted by Gasteiger charge is 2.30. The number of halogens is 2. The quantitative estimate of drug-likeness (QED) is 0.502. The van der Waals surface area contributed by atoms with Gasteiger partial charge in [-0.15, -0.1) is 0 Å². The second-order valence-electron chi connectivity index (χ2n) is 8.64. The number of aryl methyl sites for hydroxylation is 1. The molecule has 2 aromatic rings. The van der Waals surface area contributed by atoms with Crippen LogP contribution in [-0.4, -0.2) is 28.8 Å². The van der Waals surface area contributed by atoms with Crippen LogP contribution in [0.3, 0.4) is 0 Å². The molecule has 2 aromatic carbocycles. The van der Waals surface area contributed by atoms with Gasteiger partial charge < -0.3 is 10.2 Å². The zero-order valence-corrected chi connectivity index (χ0v) is 20.4. The van der Waals surface area contributed by atoms with Crippen molar-refractivity contribution in [2.45, 2.75) is 77.4 Å². The fourth-order valence-corrected chi connectivity index (χ4v) is 4.68. The molecule has 1 aliphatic carbocycles. The smallest absolute Gasteiger partial charge is 0.243 e. The number of carbonyl (C=O) groups excluding carboxylic acids is 2. The van der Waals surface area contributed by atoms with Crippen LogP contribution in [0.4, 0.5) is 0 Å². The van der Waals surface area contributed by atoms with E-state index in [9.17, 15) is 9.59 Å². The molecule has 32 heavy (non-hydrogen) atoms. The van der Waals surface area contributed by atoms with Crippen LogP contribution < -0.4 is 5.32 Å². The highest BCUT2D eigenvalue weighted by atomic mass is 35.5. The largest absolute Gasteiger partial charge is 0.352 e. The Hall–Kier alpha value is -2.04. The molecule has 1 aliphatic rings. The second-order valence-corrected chi connectivity index (χ2v) is 9.46. The molecule has 6 heteroatoms. The van der Waals surface area contributed by atoms with Crippen LogP contribution in [0.15, 0.2) is 42.5 Å². The zero-order chi connectivity index (χ0) is 23.1. The molecule has 4 nitrogen and oxygen atoms in total. The summed E-state index contributed by atoms with van der Waals surface area (Å²) >= 11 is 12.2. The van der Waals surface area contributed by atoms with Gasteiger partial charge in [-0.1, -0.05) is 79.7 Å². The molecular weight excluding hydrogens is 443 g/mol. The Bertz CT molecular complexity index is 941. The lowest BCUT2D eigenvalue weighted by atomic mass is 9.95. The van der Waals surface area contributed by atoms with E-state index in [1.54, 1.807) is 23.1 Å². The zero-order valence-electron chi connectivity index (χ0n) is 18.9. The molecule has 1 fully saturated rings. The van der Waals surface area contributed by atoms with Crippen molar-refractivity contribution in [1.82, 2.24) is 10.2 Å². The minimum atomic E-state index is -0.521. The first-order chi connectivity index (χ1) is 15.4. The maximum atomic E-state index is 13.5. The minimum absolute atomic E-state index is 0.0597. The summed E-state index contributed by atoms with van der Waals surface area (Å²) in [6.07, 6.45) is 6.25. The van der Waals surface area contributed by atoms with Gasteiger partial charge in [0.1, 0.15) is 6.04 Å². The lowest BCUT2D eigenvalue weighted by Crippen LogP contribution is -2.52. The molecule has 3 rings (SSSR count). The van der Waals surface area contributed by atoms with Crippen LogP contribution >= 0.6 is 23.2 Å². The molecule has 0 saturated heterocycles. The Morgan fingerprint density at radius 3 is 2.44 bits per heavy atom. The summed E-state index contributed by atoms with van der Waals surface area (Å²) in [6.45, 7) is 4.38. The summed E-state index contributed by atoms with van der Waals surface area (Å²) in [5.74, 6) is -0.159. The molecule has 0 aromatic heterocycles. The van der Waals surface area contributed by atoms with Gasteiger partial charge in [-0.05, 0) is 55.0 Å². The van der Waals surface area contributed by atoms with Gasteiger partial charge in [-0.2, -0.15) is 0 Å². The standard InChI is InChI=1S/C26H32Cl2N2O2/c1-3-24(26(32)29-21-11-5-4-6-12-21)30(17-20-10-8-7-9-18(20)2)25(31)16-19-13-14-22(27)23(28)15-19/h7-10,13-15,21,24H,3-6,11-12,16-17H2,1-2H3,(H,29,32). The molecule has 2 amide bonds. The number of nitrogens with zero attached hydrogens (tertiary/aromatic N) is 1. The molecular formula is C26H32Cl2N2O2. The number of nitrogens with one attached hydrogen (secondary N) is 1. The number of amides is 2. The van der Waals surface area contributed by atoms with E-state index in [2.05, 4.69) is 5.32 Å². The Morgan fingerprint density at radius 2 is 1.78 bits per heavy atom. The van der Waals surface area contributed by atoms with E-state index in [-0.39, 0.29) is 24.3 Å². The van der Waals surface area contributed by atoms with Crippen molar-refractivity contribution in [3.8, 4) is 0 Å². The summed E-state index contributed by atoms with van der Waals surface area (Å²) < 4.78 is 0. The third kappa shape index (κ3) is 6.49. The molecule has 0 bridgehead atoms. The summed E-state index contributed by atoms with van der Waals surface area (Å²) in [5.41, 5.74) is 2.92. The lowest BCUT2D eigenvalue weighted by molar-refractivity contribution is -0.141. The van der Waals surface area contributed by atoms with E-state index in [0.29, 0.717) is 23.0 Å². The molecule has 1 unspecified atom stereocenters. The van der Waals surface area contributed by atoms with Gasteiger partial charge in [-0.25, -0.2) is 0 Å². The highest BCUT2D eigenvalue weighted by Crippen LogP contribution is 2.24. The Labute approximate surface area is 201 Å². The molecule has 0 radical (unpaired) electrons. The van der Waals surface area contributed by atoms with E-state index >= 15 is 0 Å². The average Bonchev–Trinajstić information content (AvgIpc) is 2.78. The molecule has 172 valence electrons. The average molecular weight is 475 g/mol. The molecule has 1 N–H and O–H groups in total. The molecule has 0 aliphatic heterocycles. The first-order valence-corrected chi connectivity index (χ1v) is 12.2. The fraction of sp³-hybridized carbons (Fsp3) is 0.462. The monoisotopic (exact) mass is 474 g/mol. The predicted molar refractivity (Wildman–Crippen MR) is 131 cm³/mol. The van der Waals surface area contributed by atoms with Crippen molar-refractivity contribution in [3.63, 3.8) is 0 Å². The van der Waals surface area contributed by atoms with Crippen molar-refractivity contribution in [1.29, 1.82) is 0 Å². The van der Waals surface area contributed by atoms with E-state index in [4.69, 9.17) is 23.2 Å². The predicted octanol–water partition coefficient (Wildman–Crippen LogP) is 6.10. The Balaban J connectivity index is 1.83. The summed E-state index contributed by atoms with van der Waals surface area (Å²) in [7, 11) is 0. The van der Waals surface area contributed by atoms with Crippen molar-refractivity contribution in [3.05, 3.63) is 69.2 Å². The van der Waals surface area contributed by atoms with Gasteiger partial charge in [0.25, 0.3) is 0 Å². The molecule has 0 heterocycles. The first-order valence-electron chi connectivity index (χ1n) is 11.5. The number of hydrogen-bond acceptors (Lipinski definition) is 2. The summed E-state index contributed by atoms with van der Waals surface area (Å²) in [5, 5.41) is 4.09. The van der Waals surface area contributed by atoms with Crippen LogP contribution in [0.2, 0.25) is 10.0 Å². The Kier molecular flexibility index (Phi) is 9.01. The van der Waals surface area contributed by atoms with Crippen molar-refractivity contribution in [2.75, 3.05) is 0 Å². The van der Waals surface area contributed by atoms with Crippen molar-refractivity contribution in [2.24, 2.45) is 0 Å². The number of hydrogen-bond donors (Lipinski definition) is 1. The minimum Gasteiger partial charge on any atom is -0.352 e. The molecule has 1 atom stereocenters. The molecule has 0 spiro atoms. The third-order valence-electron chi connectivity index (χ3n) is 6.28. The number of benzene rings is 2. The maximum absolute atomic E-state index is 13.5. The maximum Gasteiger partial charge on any atom is 0.243 e. The summed E-state index contributed by atoms with van der Waals surface area (Å²) in [6, 6.07) is 12.9. The van der Waals surface area contributed by atoms with E-state index < -0.39 is 6.04 Å². The normalized spacial score (nSPS) is 15.2. The molecule has 1 saturated carbocycles. The van der Waals surface area contributed by atoms with Gasteiger partial charge in [0.05, 0.1) is 16.5 Å². The van der Waals surface area contributed by atoms with Crippen molar-refractivity contribution < 1.29 is 9.59 Å². The van der Waals surface area contributed by atoms with Crippen LogP contribution in [0.1, 0.15) is 62.1 Å². The van der Waals surface area contributed by atoms with E-state index in [0.717, 1.165) is 42.4 Å². The van der Waals surface area contributed by atoms with Gasteiger partial charge >= 0.3 is 0 Å². The first kappa shape index (κ1) is 24.6. The Morgan fingerprint density at radius 1 is 1.06 bits per heavy atom. The topological polar surface area (TPSA) is 49.4 Å². The lowest BCUT2D eigenvalue weighted by Gasteiger charge is -2.33. The van der Waals surface area contributed by atoms with E-state index in [1.807, 2.05) is 38.1 Å². The van der Waals surface area contributed by atoms with Crippen LogP contribution in [0.5, 0.6) is 0 Å². The van der Waals surface area contributed by atoms with Crippen LogP contribution in [0.25, 0.3) is 0 Å². The number of carbonyl (C=O) groups is 2. The SMILES string of the molecule is CCC(C(=O)NC1CCCCC1)N(Cc1ccccc1C)C(=O)Cc1ccc(Cl)c(Cl)c1. The van der Waals surface area contributed by atoms with Gasteiger partial charge in [0, 0.05) is 12.6 Å². The van der Waals surface area contributed by atoms with Crippen LogP contribution in [-0.2, 0) is 22.6 Å². The second kappa shape index (κ2) is 11.7. The van der Waals surface area contributed by atoms with E-state index in [1.165, 1.54) is 6.42 Å². The van der Waals surface area contributed by atoms with Gasteiger partial charge in [-0.3, -0.25) is 9.59 Å². The summed E-state index contributed by atoms with van der Waals surface area (Å²) in [4.78, 5) is 28.5. The van der Waals surface area contributed by atoms with Gasteiger partial charge in [0.2, 0.25) is 11.8 Å².